The molecule has 0 saturated carbocycles. The molecule has 144 valence electrons. The van der Waals surface area contributed by atoms with Crippen molar-refractivity contribution in [3.05, 3.63) is 71.5 Å². The van der Waals surface area contributed by atoms with E-state index in [9.17, 15) is 4.79 Å². The van der Waals surface area contributed by atoms with Crippen LogP contribution in [0.15, 0.2) is 54.9 Å². The summed E-state index contributed by atoms with van der Waals surface area (Å²) in [5.74, 6) is 1.28. The van der Waals surface area contributed by atoms with E-state index in [1.807, 2.05) is 38.1 Å². The van der Waals surface area contributed by atoms with Crippen molar-refractivity contribution in [2.45, 2.75) is 27.2 Å². The highest BCUT2D eigenvalue weighted by molar-refractivity contribution is 5.91. The van der Waals surface area contributed by atoms with Crippen molar-refractivity contribution in [2.75, 3.05) is 11.9 Å². The van der Waals surface area contributed by atoms with Gasteiger partial charge in [-0.2, -0.15) is 0 Å². The number of rotatable bonds is 7. The summed E-state index contributed by atoms with van der Waals surface area (Å²) in [5.41, 5.74) is 4.00. The Morgan fingerprint density at radius 3 is 2.36 bits per heavy atom. The molecule has 1 N–H and O–H groups in total. The maximum Gasteiger partial charge on any atom is 0.321 e. The molecule has 2 aromatic carbocycles. The lowest BCUT2D eigenvalue weighted by Crippen LogP contribution is -2.15. The largest absolute Gasteiger partial charge is 0.493 e. The quantitative estimate of drug-likeness (QED) is 0.651. The molecule has 0 bridgehead atoms. The van der Waals surface area contributed by atoms with Gasteiger partial charge in [0.15, 0.2) is 0 Å². The van der Waals surface area contributed by atoms with Crippen molar-refractivity contribution in [1.29, 1.82) is 0 Å². The standard InChI is InChI=1S/C22H23N3O3/c1-15-5-6-18(13-16(15)2)27-12-9-21(26)25-20-8-7-19(14-17(20)3)28-22-23-10-4-11-24-22/h4-8,10-11,13-14H,9,12H2,1-3H3,(H,25,26). The summed E-state index contributed by atoms with van der Waals surface area (Å²) in [6, 6.07) is 13.3. The zero-order valence-electron chi connectivity index (χ0n) is 16.2. The third kappa shape index (κ3) is 5.30. The van der Waals surface area contributed by atoms with E-state index in [0.29, 0.717) is 12.4 Å². The first kappa shape index (κ1) is 19.4. The van der Waals surface area contributed by atoms with Gasteiger partial charge in [0.2, 0.25) is 5.91 Å². The number of amides is 1. The molecule has 1 heterocycles. The molecule has 3 rings (SSSR count). The van der Waals surface area contributed by atoms with E-state index in [1.165, 1.54) is 11.1 Å². The molecule has 1 amide bonds. The molecule has 3 aromatic rings. The van der Waals surface area contributed by atoms with Crippen molar-refractivity contribution in [3.8, 4) is 17.5 Å². The molecule has 0 aliphatic rings. The van der Waals surface area contributed by atoms with Gasteiger partial charge < -0.3 is 14.8 Å². The van der Waals surface area contributed by atoms with Crippen molar-refractivity contribution < 1.29 is 14.3 Å². The van der Waals surface area contributed by atoms with E-state index in [0.717, 1.165) is 17.0 Å². The normalized spacial score (nSPS) is 10.4. The SMILES string of the molecule is Cc1ccc(OCCC(=O)Nc2ccc(Oc3ncccn3)cc2C)cc1C. The predicted molar refractivity (Wildman–Crippen MR) is 108 cm³/mol. The number of anilines is 1. The van der Waals surface area contributed by atoms with Gasteiger partial charge >= 0.3 is 6.01 Å². The number of hydrogen-bond donors (Lipinski definition) is 1. The number of carbonyl (C=O) groups excluding carboxylic acids is 1. The van der Waals surface area contributed by atoms with Crippen LogP contribution in [0.1, 0.15) is 23.1 Å². The van der Waals surface area contributed by atoms with Crippen LogP contribution in [0.25, 0.3) is 0 Å². The fourth-order valence-corrected chi connectivity index (χ4v) is 2.56. The van der Waals surface area contributed by atoms with Gasteiger partial charge in [-0.15, -0.1) is 0 Å². The number of ether oxygens (including phenoxy) is 2. The third-order valence-electron chi connectivity index (χ3n) is 4.30. The zero-order chi connectivity index (χ0) is 19.9. The van der Waals surface area contributed by atoms with Gasteiger partial charge in [-0.3, -0.25) is 4.79 Å². The van der Waals surface area contributed by atoms with Gasteiger partial charge in [0.25, 0.3) is 0 Å². The number of hydrogen-bond acceptors (Lipinski definition) is 5. The van der Waals surface area contributed by atoms with E-state index in [-0.39, 0.29) is 18.3 Å². The summed E-state index contributed by atoms with van der Waals surface area (Å²) in [7, 11) is 0. The first-order valence-electron chi connectivity index (χ1n) is 9.07. The smallest absolute Gasteiger partial charge is 0.321 e. The molecule has 0 atom stereocenters. The molecule has 1 aromatic heterocycles. The van der Waals surface area contributed by atoms with E-state index in [4.69, 9.17) is 9.47 Å². The highest BCUT2D eigenvalue weighted by Crippen LogP contribution is 2.24. The van der Waals surface area contributed by atoms with Crippen LogP contribution in [-0.4, -0.2) is 22.5 Å². The Bertz CT molecular complexity index is 958. The van der Waals surface area contributed by atoms with Crippen molar-refractivity contribution in [1.82, 2.24) is 9.97 Å². The monoisotopic (exact) mass is 377 g/mol. The number of benzene rings is 2. The highest BCUT2D eigenvalue weighted by Gasteiger charge is 2.08. The summed E-state index contributed by atoms with van der Waals surface area (Å²) < 4.78 is 11.3. The lowest BCUT2D eigenvalue weighted by atomic mass is 10.1. The first-order valence-corrected chi connectivity index (χ1v) is 9.07. The minimum Gasteiger partial charge on any atom is -0.493 e. The maximum absolute atomic E-state index is 12.2. The molecule has 6 heteroatoms. The number of nitrogens with zero attached hydrogens (tertiary/aromatic N) is 2. The summed E-state index contributed by atoms with van der Waals surface area (Å²) in [4.78, 5) is 20.3. The molecule has 28 heavy (non-hydrogen) atoms. The summed E-state index contributed by atoms with van der Waals surface area (Å²) in [5, 5.41) is 2.90. The van der Waals surface area contributed by atoms with Crippen molar-refractivity contribution in [3.63, 3.8) is 0 Å². The Hall–Kier alpha value is -3.41. The third-order valence-corrected chi connectivity index (χ3v) is 4.30. The second-order valence-corrected chi connectivity index (χ2v) is 6.50. The van der Waals surface area contributed by atoms with Gasteiger partial charge in [0, 0.05) is 18.1 Å². The van der Waals surface area contributed by atoms with Gasteiger partial charge in [0.05, 0.1) is 13.0 Å². The van der Waals surface area contributed by atoms with Gasteiger partial charge in [-0.25, -0.2) is 9.97 Å². The number of aromatic nitrogens is 2. The zero-order valence-corrected chi connectivity index (χ0v) is 16.2. The molecule has 0 aliphatic carbocycles. The van der Waals surface area contributed by atoms with Crippen molar-refractivity contribution in [2.24, 2.45) is 0 Å². The van der Waals surface area contributed by atoms with E-state index in [1.54, 1.807) is 30.6 Å². The predicted octanol–water partition coefficient (Wildman–Crippen LogP) is 4.60. The van der Waals surface area contributed by atoms with Crippen LogP contribution in [0.3, 0.4) is 0 Å². The number of aryl methyl sites for hydroxylation is 3. The van der Waals surface area contributed by atoms with Crippen LogP contribution in [0.4, 0.5) is 5.69 Å². The second-order valence-electron chi connectivity index (χ2n) is 6.50. The highest BCUT2D eigenvalue weighted by atomic mass is 16.5. The lowest BCUT2D eigenvalue weighted by molar-refractivity contribution is -0.116. The molecule has 0 saturated heterocycles. The molecular weight excluding hydrogens is 354 g/mol. The molecule has 6 nitrogen and oxygen atoms in total. The number of nitrogens with one attached hydrogen (secondary N) is 1. The summed E-state index contributed by atoms with van der Waals surface area (Å²) in [6.07, 6.45) is 3.50. The topological polar surface area (TPSA) is 73.3 Å². The van der Waals surface area contributed by atoms with Crippen LogP contribution in [0.5, 0.6) is 17.5 Å². The lowest BCUT2D eigenvalue weighted by Gasteiger charge is -2.11. The van der Waals surface area contributed by atoms with Crippen LogP contribution < -0.4 is 14.8 Å². The maximum atomic E-state index is 12.2. The summed E-state index contributed by atoms with van der Waals surface area (Å²) >= 11 is 0. The Balaban J connectivity index is 1.51. The van der Waals surface area contributed by atoms with Gasteiger partial charge in [0.1, 0.15) is 11.5 Å². The summed E-state index contributed by atoms with van der Waals surface area (Å²) in [6.45, 7) is 6.31. The minimum absolute atomic E-state index is 0.105. The Labute approximate surface area is 164 Å². The minimum atomic E-state index is -0.105. The second kappa shape index (κ2) is 8.99. The molecular formula is C22H23N3O3. The Morgan fingerprint density at radius 1 is 0.929 bits per heavy atom. The van der Waals surface area contributed by atoms with Crippen LogP contribution in [-0.2, 0) is 4.79 Å². The molecule has 0 spiro atoms. The molecule has 0 fully saturated rings. The van der Waals surface area contributed by atoms with Crippen LogP contribution >= 0.6 is 0 Å². The number of carbonyl (C=O) groups is 1. The Morgan fingerprint density at radius 2 is 1.64 bits per heavy atom. The van der Waals surface area contributed by atoms with Gasteiger partial charge in [-0.05, 0) is 73.9 Å². The van der Waals surface area contributed by atoms with Crippen LogP contribution in [0, 0.1) is 20.8 Å². The fraction of sp³-hybridized carbons (Fsp3) is 0.227. The van der Waals surface area contributed by atoms with E-state index < -0.39 is 0 Å². The molecule has 0 radical (unpaired) electrons. The average Bonchev–Trinajstić information content (AvgIpc) is 2.68. The fourth-order valence-electron chi connectivity index (χ4n) is 2.56. The van der Waals surface area contributed by atoms with E-state index >= 15 is 0 Å². The molecule has 0 unspecified atom stereocenters. The molecule has 0 aliphatic heterocycles. The Kier molecular flexibility index (Phi) is 6.22. The first-order chi connectivity index (χ1) is 13.5. The van der Waals surface area contributed by atoms with E-state index in [2.05, 4.69) is 22.2 Å². The van der Waals surface area contributed by atoms with Gasteiger partial charge in [-0.1, -0.05) is 6.07 Å². The van der Waals surface area contributed by atoms with Crippen LogP contribution in [0.2, 0.25) is 0 Å². The van der Waals surface area contributed by atoms with Crippen molar-refractivity contribution >= 4 is 11.6 Å². The average molecular weight is 377 g/mol.